The highest BCUT2D eigenvalue weighted by Crippen LogP contribution is 2.29. The summed E-state index contributed by atoms with van der Waals surface area (Å²) < 4.78 is 5.24. The van der Waals surface area contributed by atoms with Crippen LogP contribution in [-0.4, -0.2) is 27.0 Å². The third-order valence-corrected chi connectivity index (χ3v) is 4.55. The summed E-state index contributed by atoms with van der Waals surface area (Å²) in [6, 6.07) is 15.6. The van der Waals surface area contributed by atoms with E-state index in [0.717, 1.165) is 22.0 Å². The fraction of sp³-hybridized carbons (Fsp3) is 0.0526. The van der Waals surface area contributed by atoms with E-state index in [1.807, 2.05) is 53.9 Å². The van der Waals surface area contributed by atoms with Gasteiger partial charge in [-0.25, -0.2) is 19.9 Å². The quantitative estimate of drug-likeness (QED) is 0.567. The molecule has 0 fully saturated rings. The number of hydrogen-bond donors (Lipinski definition) is 1. The van der Waals surface area contributed by atoms with Crippen LogP contribution in [-0.2, 0) is 0 Å². The Morgan fingerprint density at radius 3 is 2.62 bits per heavy atom. The van der Waals surface area contributed by atoms with Crippen molar-refractivity contribution >= 4 is 23.0 Å². The topological polar surface area (TPSA) is 72.8 Å². The van der Waals surface area contributed by atoms with Gasteiger partial charge in [0.15, 0.2) is 0 Å². The van der Waals surface area contributed by atoms with Crippen LogP contribution in [0.3, 0.4) is 0 Å². The minimum absolute atomic E-state index is 0.461. The van der Waals surface area contributed by atoms with Gasteiger partial charge in [-0.15, -0.1) is 11.3 Å². The molecule has 0 atom stereocenters. The Hall–Kier alpha value is -3.32. The Labute approximate surface area is 154 Å². The predicted octanol–water partition coefficient (Wildman–Crippen LogP) is 4.41. The van der Waals surface area contributed by atoms with Crippen LogP contribution < -0.4 is 10.1 Å². The summed E-state index contributed by atoms with van der Waals surface area (Å²) in [5.41, 5.74) is 3.37. The average Bonchev–Trinajstić information content (AvgIpc) is 3.20. The summed E-state index contributed by atoms with van der Waals surface area (Å²) in [6.45, 7) is 0. The van der Waals surface area contributed by atoms with Gasteiger partial charge in [0, 0.05) is 23.3 Å². The second-order valence-electron chi connectivity index (χ2n) is 5.35. The lowest BCUT2D eigenvalue weighted by molar-refractivity contribution is 0.400. The molecule has 0 unspecified atom stereocenters. The minimum Gasteiger partial charge on any atom is -0.480 e. The number of ether oxygens (including phenoxy) is 1. The highest BCUT2D eigenvalue weighted by molar-refractivity contribution is 7.13. The van der Waals surface area contributed by atoms with Gasteiger partial charge in [-0.2, -0.15) is 0 Å². The number of nitrogens with one attached hydrogen (secondary N) is 1. The molecule has 0 saturated heterocycles. The zero-order valence-electron chi connectivity index (χ0n) is 14.0. The van der Waals surface area contributed by atoms with Crippen molar-refractivity contribution in [1.82, 2.24) is 19.9 Å². The zero-order chi connectivity index (χ0) is 17.8. The Balaban J connectivity index is 1.61. The predicted molar refractivity (Wildman–Crippen MR) is 103 cm³/mol. The fourth-order valence-corrected chi connectivity index (χ4v) is 3.26. The maximum atomic E-state index is 5.24. The third-order valence-electron chi connectivity index (χ3n) is 3.65. The van der Waals surface area contributed by atoms with E-state index in [0.29, 0.717) is 17.5 Å². The average molecular weight is 361 g/mol. The SMILES string of the molecule is COc1ncccc1Nc1nccc(-c2csc(-c3ccccc3)n2)n1. The monoisotopic (exact) mass is 361 g/mol. The Bertz CT molecular complexity index is 1020. The second-order valence-corrected chi connectivity index (χ2v) is 6.21. The molecule has 6 nitrogen and oxygen atoms in total. The molecule has 0 aliphatic rings. The molecule has 3 aromatic heterocycles. The number of hydrogen-bond acceptors (Lipinski definition) is 7. The van der Waals surface area contributed by atoms with Crippen molar-refractivity contribution in [3.8, 4) is 27.8 Å². The molecule has 7 heteroatoms. The van der Waals surface area contributed by atoms with E-state index in [-0.39, 0.29) is 0 Å². The van der Waals surface area contributed by atoms with Crippen molar-refractivity contribution in [3.05, 3.63) is 66.3 Å². The van der Waals surface area contributed by atoms with Crippen molar-refractivity contribution in [3.63, 3.8) is 0 Å². The molecule has 1 N–H and O–H groups in total. The van der Waals surface area contributed by atoms with E-state index >= 15 is 0 Å². The minimum atomic E-state index is 0.461. The van der Waals surface area contributed by atoms with Crippen LogP contribution in [0.4, 0.5) is 11.6 Å². The van der Waals surface area contributed by atoms with Crippen molar-refractivity contribution in [1.29, 1.82) is 0 Å². The summed E-state index contributed by atoms with van der Waals surface area (Å²) >= 11 is 1.59. The zero-order valence-corrected chi connectivity index (χ0v) is 14.8. The molecule has 1 aromatic carbocycles. The molecule has 4 aromatic rings. The highest BCUT2D eigenvalue weighted by atomic mass is 32.1. The van der Waals surface area contributed by atoms with Gasteiger partial charge in [0.25, 0.3) is 0 Å². The van der Waals surface area contributed by atoms with Crippen LogP contribution >= 0.6 is 11.3 Å². The number of anilines is 2. The van der Waals surface area contributed by atoms with Crippen LogP contribution in [0.15, 0.2) is 66.3 Å². The number of aromatic nitrogens is 4. The highest BCUT2D eigenvalue weighted by Gasteiger charge is 2.10. The number of rotatable bonds is 5. The van der Waals surface area contributed by atoms with Gasteiger partial charge in [0.05, 0.1) is 12.8 Å². The van der Waals surface area contributed by atoms with Crippen LogP contribution in [0.2, 0.25) is 0 Å². The smallest absolute Gasteiger partial charge is 0.237 e. The molecule has 0 radical (unpaired) electrons. The molecule has 26 heavy (non-hydrogen) atoms. The Morgan fingerprint density at radius 2 is 1.77 bits per heavy atom. The van der Waals surface area contributed by atoms with Gasteiger partial charge in [-0.3, -0.25) is 0 Å². The van der Waals surface area contributed by atoms with Gasteiger partial charge in [-0.05, 0) is 18.2 Å². The summed E-state index contributed by atoms with van der Waals surface area (Å²) in [5, 5.41) is 6.10. The molecule has 0 aliphatic heterocycles. The molecule has 0 saturated carbocycles. The molecule has 0 bridgehead atoms. The maximum Gasteiger partial charge on any atom is 0.237 e. The van der Waals surface area contributed by atoms with E-state index in [2.05, 4.69) is 20.3 Å². The largest absolute Gasteiger partial charge is 0.480 e. The molecule has 0 aliphatic carbocycles. The van der Waals surface area contributed by atoms with E-state index in [1.165, 1.54) is 0 Å². The molecule has 128 valence electrons. The molecular weight excluding hydrogens is 346 g/mol. The fourth-order valence-electron chi connectivity index (χ4n) is 2.44. The van der Waals surface area contributed by atoms with Crippen molar-refractivity contribution in [2.75, 3.05) is 12.4 Å². The third kappa shape index (κ3) is 3.38. The first-order chi connectivity index (χ1) is 12.8. The maximum absolute atomic E-state index is 5.24. The van der Waals surface area contributed by atoms with E-state index in [1.54, 1.807) is 30.8 Å². The van der Waals surface area contributed by atoms with Crippen LogP contribution in [0, 0.1) is 0 Å². The molecule has 0 spiro atoms. The molecular formula is C19H15N5OS. The van der Waals surface area contributed by atoms with Gasteiger partial charge >= 0.3 is 0 Å². The van der Waals surface area contributed by atoms with Gasteiger partial charge in [0.1, 0.15) is 16.4 Å². The first-order valence-corrected chi connectivity index (χ1v) is 8.82. The summed E-state index contributed by atoms with van der Waals surface area (Å²) in [6.07, 6.45) is 3.37. The van der Waals surface area contributed by atoms with Crippen molar-refractivity contribution in [2.45, 2.75) is 0 Å². The first-order valence-electron chi connectivity index (χ1n) is 7.94. The van der Waals surface area contributed by atoms with Crippen LogP contribution in [0.5, 0.6) is 5.88 Å². The number of benzene rings is 1. The number of pyridine rings is 1. The number of thiazole rings is 1. The lowest BCUT2D eigenvalue weighted by Gasteiger charge is -2.08. The lowest BCUT2D eigenvalue weighted by atomic mass is 10.2. The second kappa shape index (κ2) is 7.28. The molecule has 0 amide bonds. The van der Waals surface area contributed by atoms with Gasteiger partial charge < -0.3 is 10.1 Å². The van der Waals surface area contributed by atoms with Crippen molar-refractivity contribution in [2.24, 2.45) is 0 Å². The standard InChI is InChI=1S/C19H15N5OS/c1-25-17-15(8-5-10-20-17)24-19-21-11-9-14(23-19)16-12-26-18(22-16)13-6-3-2-4-7-13/h2-12H,1H3,(H,21,23,24). The summed E-state index contributed by atoms with van der Waals surface area (Å²) in [7, 11) is 1.57. The number of nitrogens with zero attached hydrogens (tertiary/aromatic N) is 4. The summed E-state index contributed by atoms with van der Waals surface area (Å²) in [5.74, 6) is 0.949. The number of methoxy groups -OCH3 is 1. The van der Waals surface area contributed by atoms with E-state index in [4.69, 9.17) is 9.72 Å². The van der Waals surface area contributed by atoms with Gasteiger partial charge in [0.2, 0.25) is 11.8 Å². The van der Waals surface area contributed by atoms with Crippen LogP contribution in [0.1, 0.15) is 0 Å². The van der Waals surface area contributed by atoms with E-state index in [9.17, 15) is 0 Å². The normalized spacial score (nSPS) is 10.5. The molecule has 4 rings (SSSR count). The summed E-state index contributed by atoms with van der Waals surface area (Å²) in [4.78, 5) is 17.7. The van der Waals surface area contributed by atoms with E-state index < -0.39 is 0 Å². The van der Waals surface area contributed by atoms with Gasteiger partial charge in [-0.1, -0.05) is 30.3 Å². The molecule has 3 heterocycles. The Morgan fingerprint density at radius 1 is 0.885 bits per heavy atom. The van der Waals surface area contributed by atoms with Crippen molar-refractivity contribution < 1.29 is 4.74 Å². The Kier molecular flexibility index (Phi) is 4.53. The van der Waals surface area contributed by atoms with Crippen LogP contribution in [0.25, 0.3) is 22.0 Å². The lowest BCUT2D eigenvalue weighted by Crippen LogP contribution is -2.00. The first kappa shape index (κ1) is 16.2.